The Labute approximate surface area is 189 Å². The number of ether oxygens (including phenoxy) is 1. The van der Waals surface area contributed by atoms with Crippen molar-refractivity contribution in [3.8, 4) is 0 Å². The third-order valence-corrected chi connectivity index (χ3v) is 6.80. The molecule has 7 nitrogen and oxygen atoms in total. The molecule has 7 heteroatoms. The van der Waals surface area contributed by atoms with Gasteiger partial charge in [-0.05, 0) is 56.5 Å². The summed E-state index contributed by atoms with van der Waals surface area (Å²) in [4.78, 5) is 27.3. The first-order valence-electron chi connectivity index (χ1n) is 11.6. The number of piperidine rings is 1. The highest BCUT2D eigenvalue weighted by Crippen LogP contribution is 2.34. The summed E-state index contributed by atoms with van der Waals surface area (Å²) in [7, 11) is 0. The van der Waals surface area contributed by atoms with Crippen molar-refractivity contribution in [2.75, 3.05) is 39.4 Å². The van der Waals surface area contributed by atoms with Gasteiger partial charge in [-0.1, -0.05) is 30.3 Å². The minimum atomic E-state index is -0.0613. The van der Waals surface area contributed by atoms with E-state index in [1.165, 1.54) is 5.56 Å². The number of furan rings is 1. The molecule has 0 saturated carbocycles. The van der Waals surface area contributed by atoms with Crippen LogP contribution in [0.5, 0.6) is 0 Å². The van der Waals surface area contributed by atoms with Crippen LogP contribution in [0.1, 0.15) is 37.0 Å². The molecule has 1 aromatic heterocycles. The van der Waals surface area contributed by atoms with Crippen molar-refractivity contribution in [3.63, 3.8) is 0 Å². The summed E-state index contributed by atoms with van der Waals surface area (Å²) in [5.74, 6) is 0.862. The smallest absolute Gasteiger partial charge is 0.234 e. The number of rotatable bonds is 8. The molecule has 0 bridgehead atoms. The van der Waals surface area contributed by atoms with E-state index in [2.05, 4.69) is 39.8 Å². The van der Waals surface area contributed by atoms with Gasteiger partial charge in [-0.2, -0.15) is 0 Å². The zero-order valence-corrected chi connectivity index (χ0v) is 18.6. The van der Waals surface area contributed by atoms with Crippen molar-refractivity contribution in [3.05, 3.63) is 60.1 Å². The predicted molar refractivity (Wildman–Crippen MR) is 121 cm³/mol. The zero-order valence-electron chi connectivity index (χ0n) is 18.6. The van der Waals surface area contributed by atoms with Gasteiger partial charge in [-0.15, -0.1) is 0 Å². The second-order valence-electron chi connectivity index (χ2n) is 8.88. The van der Waals surface area contributed by atoms with Gasteiger partial charge in [0.15, 0.2) is 0 Å². The summed E-state index contributed by atoms with van der Waals surface area (Å²) >= 11 is 0. The number of hydrogen-bond acceptors (Lipinski definition) is 5. The average molecular weight is 440 g/mol. The molecule has 2 N–H and O–H groups in total. The zero-order chi connectivity index (χ0) is 22.2. The number of carbonyl (C=O) groups excluding carboxylic acids is 2. The van der Waals surface area contributed by atoms with Crippen LogP contribution in [0.25, 0.3) is 0 Å². The van der Waals surface area contributed by atoms with Gasteiger partial charge in [0.05, 0.1) is 19.4 Å². The van der Waals surface area contributed by atoms with E-state index in [0.717, 1.165) is 57.7 Å². The quantitative estimate of drug-likeness (QED) is 0.660. The highest BCUT2D eigenvalue weighted by atomic mass is 16.5. The first-order chi connectivity index (χ1) is 15.6. The van der Waals surface area contributed by atoms with Crippen molar-refractivity contribution in [2.45, 2.75) is 37.6 Å². The van der Waals surface area contributed by atoms with Crippen LogP contribution in [-0.2, 0) is 26.3 Å². The van der Waals surface area contributed by atoms with Gasteiger partial charge in [-0.25, -0.2) is 0 Å². The molecule has 0 unspecified atom stereocenters. The summed E-state index contributed by atoms with van der Waals surface area (Å²) in [5, 5.41) is 6.13. The number of nitrogens with one attached hydrogen (secondary N) is 2. The lowest BCUT2D eigenvalue weighted by Crippen LogP contribution is -2.48. The minimum absolute atomic E-state index is 0.00661. The first-order valence-corrected chi connectivity index (χ1v) is 11.6. The molecule has 2 aliphatic heterocycles. The monoisotopic (exact) mass is 439 g/mol. The second kappa shape index (κ2) is 10.8. The fourth-order valence-electron chi connectivity index (χ4n) is 4.73. The number of hydrogen-bond donors (Lipinski definition) is 2. The number of carbonyl (C=O) groups is 2. The van der Waals surface area contributed by atoms with E-state index < -0.39 is 0 Å². The van der Waals surface area contributed by atoms with E-state index in [4.69, 9.17) is 9.15 Å². The average Bonchev–Trinajstić information content (AvgIpc) is 3.37. The number of nitrogens with zero attached hydrogens (tertiary/aromatic N) is 1. The maximum absolute atomic E-state index is 12.7. The standard InChI is InChI=1S/C25H33N3O4/c29-23(27-19-25(10-15-31-16-11-25)21-5-2-1-3-6-21)18-28-12-8-20(9-13-28)24(30)26-17-22-7-4-14-32-22/h1-7,14,20H,8-13,15-19H2,(H,26,30)(H,27,29). The van der Waals surface area contributed by atoms with E-state index in [9.17, 15) is 9.59 Å². The van der Waals surface area contributed by atoms with Gasteiger partial charge in [0.1, 0.15) is 5.76 Å². The van der Waals surface area contributed by atoms with Gasteiger partial charge >= 0.3 is 0 Å². The van der Waals surface area contributed by atoms with Crippen LogP contribution in [0.3, 0.4) is 0 Å². The SMILES string of the molecule is O=C(CN1CCC(C(=O)NCc2ccco2)CC1)NCC1(c2ccccc2)CCOCC1. The van der Waals surface area contributed by atoms with E-state index in [1.807, 2.05) is 18.2 Å². The van der Waals surface area contributed by atoms with Crippen LogP contribution in [0, 0.1) is 5.92 Å². The fourth-order valence-corrected chi connectivity index (χ4v) is 4.73. The predicted octanol–water partition coefficient (Wildman–Crippen LogP) is 2.47. The van der Waals surface area contributed by atoms with Crippen molar-refractivity contribution in [1.82, 2.24) is 15.5 Å². The highest BCUT2D eigenvalue weighted by Gasteiger charge is 2.35. The van der Waals surface area contributed by atoms with Gasteiger partial charge < -0.3 is 19.8 Å². The third-order valence-electron chi connectivity index (χ3n) is 6.80. The lowest BCUT2D eigenvalue weighted by molar-refractivity contribution is -0.127. The lowest BCUT2D eigenvalue weighted by Gasteiger charge is -2.38. The summed E-state index contributed by atoms with van der Waals surface area (Å²) < 4.78 is 10.8. The fraction of sp³-hybridized carbons (Fsp3) is 0.520. The van der Waals surface area contributed by atoms with Gasteiger partial charge in [-0.3, -0.25) is 14.5 Å². The number of amides is 2. The molecule has 1 aromatic carbocycles. The number of likely N-dealkylation sites (tertiary alicyclic amines) is 1. The molecule has 0 aliphatic carbocycles. The van der Waals surface area contributed by atoms with Crippen LogP contribution in [0.4, 0.5) is 0 Å². The number of benzene rings is 1. The summed E-state index contributed by atoms with van der Waals surface area (Å²) in [6, 6.07) is 14.1. The second-order valence-corrected chi connectivity index (χ2v) is 8.88. The van der Waals surface area contributed by atoms with Crippen molar-refractivity contribution in [2.24, 2.45) is 5.92 Å². The van der Waals surface area contributed by atoms with E-state index in [1.54, 1.807) is 6.26 Å². The van der Waals surface area contributed by atoms with Crippen LogP contribution in [0.2, 0.25) is 0 Å². The normalized spacial score (nSPS) is 19.4. The maximum atomic E-state index is 12.7. The Bertz CT molecular complexity index is 855. The Kier molecular flexibility index (Phi) is 7.60. The Hall–Kier alpha value is -2.64. The molecular weight excluding hydrogens is 406 g/mol. The molecule has 0 spiro atoms. The van der Waals surface area contributed by atoms with Crippen LogP contribution in [0.15, 0.2) is 53.1 Å². The molecule has 0 atom stereocenters. The minimum Gasteiger partial charge on any atom is -0.467 e. The van der Waals surface area contributed by atoms with Crippen molar-refractivity contribution >= 4 is 11.8 Å². The van der Waals surface area contributed by atoms with Gasteiger partial charge in [0, 0.05) is 31.1 Å². The van der Waals surface area contributed by atoms with E-state index in [0.29, 0.717) is 19.6 Å². The molecule has 2 amide bonds. The van der Waals surface area contributed by atoms with Crippen LogP contribution in [-0.4, -0.2) is 56.1 Å². The Morgan fingerprint density at radius 3 is 2.44 bits per heavy atom. The molecule has 4 rings (SSSR count). The molecule has 2 aliphatic rings. The topological polar surface area (TPSA) is 83.8 Å². The highest BCUT2D eigenvalue weighted by molar-refractivity contribution is 5.79. The molecule has 0 radical (unpaired) electrons. The molecule has 3 heterocycles. The van der Waals surface area contributed by atoms with E-state index >= 15 is 0 Å². The molecule has 172 valence electrons. The Morgan fingerprint density at radius 2 is 1.75 bits per heavy atom. The third kappa shape index (κ3) is 5.78. The molecule has 32 heavy (non-hydrogen) atoms. The lowest BCUT2D eigenvalue weighted by atomic mass is 9.74. The molecule has 2 aromatic rings. The van der Waals surface area contributed by atoms with Crippen LogP contribution >= 0.6 is 0 Å². The van der Waals surface area contributed by atoms with Crippen LogP contribution < -0.4 is 10.6 Å². The Balaban J connectivity index is 1.21. The summed E-state index contributed by atoms with van der Waals surface area (Å²) in [6.45, 7) is 4.38. The largest absolute Gasteiger partial charge is 0.467 e. The first kappa shape index (κ1) is 22.6. The maximum Gasteiger partial charge on any atom is 0.234 e. The summed E-state index contributed by atoms with van der Waals surface area (Å²) in [5.41, 5.74) is 1.21. The summed E-state index contributed by atoms with van der Waals surface area (Å²) in [6.07, 6.45) is 4.96. The van der Waals surface area contributed by atoms with Crippen molar-refractivity contribution in [1.29, 1.82) is 0 Å². The van der Waals surface area contributed by atoms with E-state index in [-0.39, 0.29) is 23.1 Å². The van der Waals surface area contributed by atoms with Gasteiger partial charge in [0.25, 0.3) is 0 Å². The molecule has 2 saturated heterocycles. The van der Waals surface area contributed by atoms with Gasteiger partial charge in [0.2, 0.25) is 11.8 Å². The molecule has 2 fully saturated rings. The van der Waals surface area contributed by atoms with Crippen molar-refractivity contribution < 1.29 is 18.7 Å². The Morgan fingerprint density at radius 1 is 1.00 bits per heavy atom. The molecular formula is C25H33N3O4.